The zero-order valence-corrected chi connectivity index (χ0v) is 10.3. The quantitative estimate of drug-likeness (QED) is 0.872. The summed E-state index contributed by atoms with van der Waals surface area (Å²) in [5.41, 5.74) is 3.14. The first kappa shape index (κ1) is 11.4. The highest BCUT2D eigenvalue weighted by Gasteiger charge is 2.02. The Morgan fingerprint density at radius 3 is 2.76 bits per heavy atom. The molecule has 5 nitrogen and oxygen atoms in total. The minimum absolute atomic E-state index is 0.631. The van der Waals surface area contributed by atoms with Crippen LogP contribution in [0.1, 0.15) is 11.3 Å². The number of nitrogens with one attached hydrogen (secondary N) is 1. The van der Waals surface area contributed by atoms with E-state index in [0.29, 0.717) is 5.88 Å². The summed E-state index contributed by atoms with van der Waals surface area (Å²) in [6.45, 7) is 2.71. The van der Waals surface area contributed by atoms with E-state index in [1.807, 2.05) is 32.3 Å². The van der Waals surface area contributed by atoms with Crippen molar-refractivity contribution in [2.24, 2.45) is 7.05 Å². The summed E-state index contributed by atoms with van der Waals surface area (Å²) >= 11 is 0. The van der Waals surface area contributed by atoms with Crippen molar-refractivity contribution in [1.29, 1.82) is 0 Å². The Hall–Kier alpha value is -2.04. The summed E-state index contributed by atoms with van der Waals surface area (Å²) in [5.74, 6) is 0.631. The molecule has 0 aromatic carbocycles. The van der Waals surface area contributed by atoms with Crippen molar-refractivity contribution in [3.05, 3.63) is 35.8 Å². The lowest BCUT2D eigenvalue weighted by Gasteiger charge is -2.05. The second-order valence-corrected chi connectivity index (χ2v) is 3.86. The Morgan fingerprint density at radius 1 is 1.41 bits per heavy atom. The molecule has 0 amide bonds. The van der Waals surface area contributed by atoms with Gasteiger partial charge in [-0.2, -0.15) is 5.10 Å². The SMILES string of the molecule is COc1ccc(CNc2cn(C)nc2C)cn1. The van der Waals surface area contributed by atoms with Crippen molar-refractivity contribution in [1.82, 2.24) is 14.8 Å². The molecule has 0 saturated carbocycles. The lowest BCUT2D eigenvalue weighted by atomic mass is 10.2. The average Bonchev–Trinajstić information content (AvgIpc) is 2.66. The molecule has 2 rings (SSSR count). The van der Waals surface area contributed by atoms with Gasteiger partial charge >= 0.3 is 0 Å². The predicted octanol–water partition coefficient (Wildman–Crippen LogP) is 1.74. The smallest absolute Gasteiger partial charge is 0.212 e. The first-order chi connectivity index (χ1) is 8.19. The van der Waals surface area contributed by atoms with Gasteiger partial charge in [0.2, 0.25) is 5.88 Å². The number of pyridine rings is 1. The molecule has 17 heavy (non-hydrogen) atoms. The Bertz CT molecular complexity index is 490. The summed E-state index contributed by atoms with van der Waals surface area (Å²) in [6, 6.07) is 3.84. The Balaban J connectivity index is 1.99. The van der Waals surface area contributed by atoms with Crippen LogP contribution < -0.4 is 10.1 Å². The molecule has 0 aliphatic carbocycles. The zero-order valence-electron chi connectivity index (χ0n) is 10.3. The number of hydrogen-bond donors (Lipinski definition) is 1. The predicted molar refractivity (Wildman–Crippen MR) is 66.1 cm³/mol. The fourth-order valence-corrected chi connectivity index (χ4v) is 1.61. The molecule has 0 fully saturated rings. The van der Waals surface area contributed by atoms with Crippen LogP contribution in [-0.4, -0.2) is 21.9 Å². The van der Waals surface area contributed by atoms with Crippen molar-refractivity contribution >= 4 is 5.69 Å². The Morgan fingerprint density at radius 2 is 2.24 bits per heavy atom. The molecule has 5 heteroatoms. The van der Waals surface area contributed by atoms with Gasteiger partial charge in [-0.3, -0.25) is 4.68 Å². The van der Waals surface area contributed by atoms with Crippen molar-refractivity contribution in [2.75, 3.05) is 12.4 Å². The molecule has 0 spiro atoms. The minimum Gasteiger partial charge on any atom is -0.481 e. The van der Waals surface area contributed by atoms with Gasteiger partial charge in [-0.15, -0.1) is 0 Å². The molecule has 2 aromatic rings. The molecule has 0 aliphatic heterocycles. The zero-order chi connectivity index (χ0) is 12.3. The summed E-state index contributed by atoms with van der Waals surface area (Å²) in [4.78, 5) is 4.15. The van der Waals surface area contributed by atoms with Gasteiger partial charge in [0.25, 0.3) is 0 Å². The first-order valence-corrected chi connectivity index (χ1v) is 5.42. The van der Waals surface area contributed by atoms with Crippen LogP contribution in [0.25, 0.3) is 0 Å². The molecule has 0 unspecified atom stereocenters. The third-order valence-corrected chi connectivity index (χ3v) is 2.50. The highest BCUT2D eigenvalue weighted by atomic mass is 16.5. The second-order valence-electron chi connectivity index (χ2n) is 3.86. The monoisotopic (exact) mass is 232 g/mol. The number of aromatic nitrogens is 3. The topological polar surface area (TPSA) is 52.0 Å². The minimum atomic E-state index is 0.631. The molecule has 90 valence electrons. The summed E-state index contributed by atoms with van der Waals surface area (Å²) < 4.78 is 6.81. The number of hydrogen-bond acceptors (Lipinski definition) is 4. The standard InChI is InChI=1S/C12H16N4O/c1-9-11(8-16(2)15-9)13-6-10-4-5-12(17-3)14-7-10/h4-5,7-8,13H,6H2,1-3H3. The molecule has 0 bridgehead atoms. The third-order valence-electron chi connectivity index (χ3n) is 2.50. The molecule has 0 atom stereocenters. The van der Waals surface area contributed by atoms with Crippen LogP contribution in [0.4, 0.5) is 5.69 Å². The van der Waals surface area contributed by atoms with Gasteiger partial charge in [-0.25, -0.2) is 4.98 Å². The van der Waals surface area contributed by atoms with E-state index < -0.39 is 0 Å². The van der Waals surface area contributed by atoms with Gasteiger partial charge in [0, 0.05) is 32.1 Å². The number of methoxy groups -OCH3 is 1. The molecule has 1 N–H and O–H groups in total. The van der Waals surface area contributed by atoms with Gasteiger partial charge < -0.3 is 10.1 Å². The number of rotatable bonds is 4. The van der Waals surface area contributed by atoms with Crippen LogP contribution in [0.2, 0.25) is 0 Å². The maximum atomic E-state index is 5.01. The van der Waals surface area contributed by atoms with E-state index in [0.717, 1.165) is 23.5 Å². The van der Waals surface area contributed by atoms with E-state index in [-0.39, 0.29) is 0 Å². The van der Waals surface area contributed by atoms with Gasteiger partial charge in [0.15, 0.2) is 0 Å². The molecular formula is C12H16N4O. The average molecular weight is 232 g/mol. The number of ether oxygens (including phenoxy) is 1. The Labute approximate surface area is 100 Å². The van der Waals surface area contributed by atoms with Gasteiger partial charge in [0.1, 0.15) is 0 Å². The lowest BCUT2D eigenvalue weighted by molar-refractivity contribution is 0.397. The summed E-state index contributed by atoms with van der Waals surface area (Å²) in [7, 11) is 3.52. The van der Waals surface area contributed by atoms with E-state index >= 15 is 0 Å². The van der Waals surface area contributed by atoms with Crippen LogP contribution in [0, 0.1) is 6.92 Å². The summed E-state index contributed by atoms with van der Waals surface area (Å²) in [5, 5.41) is 7.59. The maximum absolute atomic E-state index is 5.01. The molecule has 2 heterocycles. The van der Waals surface area contributed by atoms with Crippen molar-refractivity contribution in [3.8, 4) is 5.88 Å². The van der Waals surface area contributed by atoms with Crippen LogP contribution in [0.5, 0.6) is 5.88 Å². The third kappa shape index (κ3) is 2.75. The van der Waals surface area contributed by atoms with Crippen LogP contribution in [-0.2, 0) is 13.6 Å². The molecule has 0 radical (unpaired) electrons. The van der Waals surface area contributed by atoms with Crippen molar-refractivity contribution in [2.45, 2.75) is 13.5 Å². The van der Waals surface area contributed by atoms with Crippen LogP contribution in [0.3, 0.4) is 0 Å². The first-order valence-electron chi connectivity index (χ1n) is 5.42. The molecule has 2 aromatic heterocycles. The van der Waals surface area contributed by atoms with Crippen molar-refractivity contribution < 1.29 is 4.74 Å². The molecule has 0 aliphatic rings. The van der Waals surface area contributed by atoms with Gasteiger partial charge in [-0.05, 0) is 12.5 Å². The van der Waals surface area contributed by atoms with Crippen LogP contribution in [0.15, 0.2) is 24.5 Å². The van der Waals surface area contributed by atoms with E-state index in [1.165, 1.54) is 0 Å². The number of anilines is 1. The van der Waals surface area contributed by atoms with Gasteiger partial charge in [-0.1, -0.05) is 6.07 Å². The second kappa shape index (κ2) is 4.86. The van der Waals surface area contributed by atoms with E-state index in [9.17, 15) is 0 Å². The fourth-order valence-electron chi connectivity index (χ4n) is 1.61. The fraction of sp³-hybridized carbons (Fsp3) is 0.333. The van der Waals surface area contributed by atoms with E-state index in [2.05, 4.69) is 15.4 Å². The molecule has 0 saturated heterocycles. The lowest BCUT2D eigenvalue weighted by Crippen LogP contribution is -2.00. The molecular weight excluding hydrogens is 216 g/mol. The summed E-state index contributed by atoms with van der Waals surface area (Å²) in [6.07, 6.45) is 3.77. The van der Waals surface area contributed by atoms with Gasteiger partial charge in [0.05, 0.1) is 18.5 Å². The normalized spacial score (nSPS) is 10.3. The van der Waals surface area contributed by atoms with E-state index in [1.54, 1.807) is 18.0 Å². The number of nitrogens with zero attached hydrogens (tertiary/aromatic N) is 3. The maximum Gasteiger partial charge on any atom is 0.212 e. The highest BCUT2D eigenvalue weighted by Crippen LogP contribution is 2.13. The van der Waals surface area contributed by atoms with Crippen molar-refractivity contribution in [3.63, 3.8) is 0 Å². The highest BCUT2D eigenvalue weighted by molar-refractivity contribution is 5.45. The van der Waals surface area contributed by atoms with E-state index in [4.69, 9.17) is 4.74 Å². The Kier molecular flexibility index (Phi) is 3.27. The number of aryl methyl sites for hydroxylation is 2. The largest absolute Gasteiger partial charge is 0.481 e. The van der Waals surface area contributed by atoms with Crippen LogP contribution >= 0.6 is 0 Å².